The largest absolute Gasteiger partial charge is 0.460 e. The lowest BCUT2D eigenvalue weighted by Crippen LogP contribution is -2.14. The van der Waals surface area contributed by atoms with E-state index in [1.165, 1.54) is 18.4 Å². The number of carbonyl (C=O) groups excluding carboxylic acids is 1. The van der Waals surface area contributed by atoms with Crippen LogP contribution in [-0.4, -0.2) is 13.1 Å². The molecule has 3 N–H and O–H groups in total. The number of aromatic nitrogens is 1. The van der Waals surface area contributed by atoms with E-state index >= 15 is 0 Å². The van der Waals surface area contributed by atoms with E-state index in [0.717, 1.165) is 21.8 Å². The smallest absolute Gasteiger partial charge is 0.414 e. The molecule has 0 aliphatic rings. The fourth-order valence-electron chi connectivity index (χ4n) is 1.53. The van der Waals surface area contributed by atoms with Crippen molar-refractivity contribution in [2.45, 2.75) is 6.92 Å². The Morgan fingerprint density at radius 2 is 2.00 bits per heavy atom. The van der Waals surface area contributed by atoms with Gasteiger partial charge in [-0.25, -0.2) is 4.79 Å². The van der Waals surface area contributed by atoms with Gasteiger partial charge in [0.1, 0.15) is 4.88 Å². The van der Waals surface area contributed by atoms with Crippen LogP contribution in [0.2, 0.25) is 0 Å². The Balaban J connectivity index is 2.42. The van der Waals surface area contributed by atoms with E-state index in [1.54, 1.807) is 0 Å². The third kappa shape index (κ3) is 2.29. The molecular formula is C12H13N2O2S+. The number of carbonyl (C=O) groups is 1. The van der Waals surface area contributed by atoms with Gasteiger partial charge in [0.05, 0.1) is 7.11 Å². The summed E-state index contributed by atoms with van der Waals surface area (Å²) in [5, 5.41) is 0.497. The number of H-pyrrole nitrogens is 1. The van der Waals surface area contributed by atoms with Crippen molar-refractivity contribution in [2.24, 2.45) is 0 Å². The summed E-state index contributed by atoms with van der Waals surface area (Å²) in [5.74, 6) is -0.347. The number of anilines is 1. The first-order valence-electron chi connectivity index (χ1n) is 5.08. The van der Waals surface area contributed by atoms with E-state index in [2.05, 4.69) is 9.72 Å². The Morgan fingerprint density at radius 1 is 1.35 bits per heavy atom. The number of esters is 1. The van der Waals surface area contributed by atoms with Gasteiger partial charge in [-0.3, -0.25) is 0 Å². The van der Waals surface area contributed by atoms with Crippen LogP contribution in [0.15, 0.2) is 24.3 Å². The van der Waals surface area contributed by atoms with E-state index in [1.807, 2.05) is 31.2 Å². The Bertz CT molecular complexity index is 546. The predicted octanol–water partition coefficient (Wildman–Crippen LogP) is 1.91. The summed E-state index contributed by atoms with van der Waals surface area (Å²) < 4.78 is 4.68. The maximum atomic E-state index is 11.4. The third-order valence-corrected chi connectivity index (χ3v) is 3.61. The molecule has 0 bridgehead atoms. The highest BCUT2D eigenvalue weighted by Gasteiger charge is 2.22. The average Bonchev–Trinajstić information content (AvgIpc) is 2.71. The zero-order chi connectivity index (χ0) is 12.4. The lowest BCUT2D eigenvalue weighted by atomic mass is 10.1. The molecule has 17 heavy (non-hydrogen) atoms. The summed E-state index contributed by atoms with van der Waals surface area (Å²) in [6.07, 6.45) is 0. The number of rotatable bonds is 2. The molecule has 5 heteroatoms. The van der Waals surface area contributed by atoms with Gasteiger partial charge in [-0.1, -0.05) is 23.5 Å². The molecule has 2 aromatic rings. The van der Waals surface area contributed by atoms with Gasteiger partial charge in [-0.2, -0.15) is 4.98 Å². The highest BCUT2D eigenvalue weighted by Crippen LogP contribution is 2.28. The van der Waals surface area contributed by atoms with Crippen molar-refractivity contribution in [1.29, 1.82) is 0 Å². The third-order valence-electron chi connectivity index (χ3n) is 2.39. The van der Waals surface area contributed by atoms with Crippen molar-refractivity contribution in [3.8, 4) is 10.4 Å². The summed E-state index contributed by atoms with van der Waals surface area (Å²) in [5.41, 5.74) is 8.34. The highest BCUT2D eigenvalue weighted by molar-refractivity contribution is 7.16. The van der Waals surface area contributed by atoms with Crippen LogP contribution >= 0.6 is 11.3 Å². The van der Waals surface area contributed by atoms with Gasteiger partial charge in [-0.15, -0.1) is 0 Å². The Morgan fingerprint density at radius 3 is 2.59 bits per heavy atom. The minimum Gasteiger partial charge on any atom is -0.460 e. The zero-order valence-electron chi connectivity index (χ0n) is 9.61. The maximum absolute atomic E-state index is 11.4. The van der Waals surface area contributed by atoms with Crippen LogP contribution in [0.5, 0.6) is 0 Å². The van der Waals surface area contributed by atoms with Crippen molar-refractivity contribution in [3.63, 3.8) is 0 Å². The minimum atomic E-state index is -0.347. The topological polar surface area (TPSA) is 66.5 Å². The van der Waals surface area contributed by atoms with Crippen molar-refractivity contribution < 1.29 is 14.5 Å². The van der Waals surface area contributed by atoms with E-state index in [-0.39, 0.29) is 5.97 Å². The highest BCUT2D eigenvalue weighted by atomic mass is 32.1. The molecule has 2 rings (SSSR count). The number of hydrogen-bond acceptors (Lipinski definition) is 4. The number of nitrogens with one attached hydrogen (secondary N) is 1. The molecule has 1 heterocycles. The number of ether oxygens (including phenoxy) is 1. The average molecular weight is 249 g/mol. The molecule has 1 aromatic carbocycles. The lowest BCUT2D eigenvalue weighted by Gasteiger charge is -1.96. The molecule has 88 valence electrons. The summed E-state index contributed by atoms with van der Waals surface area (Å²) in [6, 6.07) is 7.55. The van der Waals surface area contributed by atoms with Gasteiger partial charge in [0.2, 0.25) is 0 Å². The number of hydrogen-bond donors (Lipinski definition) is 1. The molecule has 4 nitrogen and oxygen atoms in total. The molecule has 0 saturated heterocycles. The van der Waals surface area contributed by atoms with Crippen molar-refractivity contribution in [3.05, 3.63) is 35.0 Å². The fraction of sp³-hybridized carbons (Fsp3) is 0.167. The molecule has 0 fully saturated rings. The number of thiazole rings is 1. The van der Waals surface area contributed by atoms with E-state index < -0.39 is 0 Å². The zero-order valence-corrected chi connectivity index (χ0v) is 10.4. The van der Waals surface area contributed by atoms with Crippen LogP contribution in [-0.2, 0) is 4.74 Å². The Labute approximate surface area is 103 Å². The molecule has 1 aromatic heterocycles. The summed E-state index contributed by atoms with van der Waals surface area (Å²) in [7, 11) is 1.37. The van der Waals surface area contributed by atoms with Crippen LogP contribution in [0, 0.1) is 6.92 Å². The second-order valence-corrected chi connectivity index (χ2v) is 4.64. The normalized spacial score (nSPS) is 10.2. The van der Waals surface area contributed by atoms with Crippen LogP contribution in [0.3, 0.4) is 0 Å². The fourth-order valence-corrected chi connectivity index (χ4v) is 2.56. The first-order chi connectivity index (χ1) is 8.11. The van der Waals surface area contributed by atoms with Crippen molar-refractivity contribution in [1.82, 2.24) is 0 Å². The summed E-state index contributed by atoms with van der Waals surface area (Å²) in [6.45, 7) is 1.93. The van der Waals surface area contributed by atoms with Crippen LogP contribution < -0.4 is 10.7 Å². The first kappa shape index (κ1) is 11.6. The van der Waals surface area contributed by atoms with E-state index in [4.69, 9.17) is 5.73 Å². The van der Waals surface area contributed by atoms with Gasteiger partial charge in [0, 0.05) is 12.6 Å². The number of benzene rings is 1. The number of aryl methyl sites for hydroxylation is 1. The molecule has 0 saturated carbocycles. The summed E-state index contributed by atoms with van der Waals surface area (Å²) in [4.78, 5) is 15.4. The van der Waals surface area contributed by atoms with E-state index in [0.29, 0.717) is 5.01 Å². The monoisotopic (exact) mass is 249 g/mol. The molecular weight excluding hydrogens is 236 g/mol. The Hall–Kier alpha value is -1.88. The van der Waals surface area contributed by atoms with Crippen LogP contribution in [0.25, 0.3) is 10.4 Å². The van der Waals surface area contributed by atoms with Crippen molar-refractivity contribution in [2.75, 3.05) is 12.8 Å². The number of nitrogens with two attached hydrogens (primary N) is 1. The number of methoxy groups -OCH3 is 1. The van der Waals surface area contributed by atoms with Gasteiger partial charge >= 0.3 is 11.0 Å². The molecule has 0 atom stereocenters. The maximum Gasteiger partial charge on any atom is 0.414 e. The second kappa shape index (κ2) is 4.55. The van der Waals surface area contributed by atoms with Gasteiger partial charge in [0.15, 0.2) is 5.69 Å². The molecule has 0 radical (unpaired) electrons. The van der Waals surface area contributed by atoms with Crippen molar-refractivity contribution >= 4 is 23.0 Å². The predicted molar refractivity (Wildman–Crippen MR) is 66.8 cm³/mol. The molecule has 0 amide bonds. The van der Waals surface area contributed by atoms with Gasteiger partial charge < -0.3 is 10.5 Å². The standard InChI is InChI=1S/C12H12N2O2S/c1-7-10(8-3-5-9(13)6-4-8)17-11(14-7)12(15)16-2/h3-6H,13H2,1-2H3/p+1. The minimum absolute atomic E-state index is 0.347. The molecule has 0 aliphatic carbocycles. The van der Waals surface area contributed by atoms with E-state index in [9.17, 15) is 4.79 Å². The van der Waals surface area contributed by atoms with Crippen LogP contribution in [0.1, 0.15) is 15.5 Å². The molecule has 0 spiro atoms. The van der Waals surface area contributed by atoms with Gasteiger partial charge in [0.25, 0.3) is 0 Å². The van der Waals surface area contributed by atoms with Gasteiger partial charge in [-0.05, 0) is 17.7 Å². The number of aromatic amines is 1. The number of nitrogen functional groups attached to an aromatic ring is 1. The molecule has 0 unspecified atom stereocenters. The second-order valence-electron chi connectivity index (χ2n) is 3.62. The summed E-state index contributed by atoms with van der Waals surface area (Å²) >= 11 is 1.38. The lowest BCUT2D eigenvalue weighted by molar-refractivity contribution is -0.384. The molecule has 0 aliphatic heterocycles. The quantitative estimate of drug-likeness (QED) is 0.653. The first-order valence-corrected chi connectivity index (χ1v) is 5.90. The Kier molecular flexibility index (Phi) is 3.10. The van der Waals surface area contributed by atoms with Crippen LogP contribution in [0.4, 0.5) is 5.69 Å². The SMILES string of the molecule is COC(=O)c1[nH+]c(C)c(-c2ccc(N)cc2)s1.